The molecule has 1 saturated carbocycles. The second-order valence-electron chi connectivity index (χ2n) is 6.15. The zero-order chi connectivity index (χ0) is 15.8. The van der Waals surface area contributed by atoms with Crippen LogP contribution in [0.25, 0.3) is 0 Å². The molecule has 0 bridgehead atoms. The number of carbonyl (C=O) groups is 2. The van der Waals surface area contributed by atoms with Gasteiger partial charge >= 0.3 is 11.8 Å². The summed E-state index contributed by atoms with van der Waals surface area (Å²) in [6.07, 6.45) is 7.43. The standard InChI is InChI=1S/C18H26N2O2/c1-14(16-10-6-3-7-11-16)20-18(22)17(21)19-13-12-15-8-4-2-5-9-15/h3,6-7,10-11,14-15H,2,4-5,8-9,12-13H2,1H3,(H,19,21)(H,20,22)/t14-/m0/s1. The second-order valence-corrected chi connectivity index (χ2v) is 6.15. The molecule has 0 saturated heterocycles. The first-order valence-electron chi connectivity index (χ1n) is 8.30. The lowest BCUT2D eigenvalue weighted by atomic mass is 9.87. The van der Waals surface area contributed by atoms with Crippen molar-refractivity contribution in [2.75, 3.05) is 6.54 Å². The lowest BCUT2D eigenvalue weighted by Gasteiger charge is -2.21. The molecule has 4 heteroatoms. The van der Waals surface area contributed by atoms with E-state index in [1.807, 2.05) is 37.3 Å². The third kappa shape index (κ3) is 5.17. The van der Waals surface area contributed by atoms with Crippen LogP contribution in [-0.4, -0.2) is 18.4 Å². The molecule has 0 aliphatic heterocycles. The van der Waals surface area contributed by atoms with Gasteiger partial charge in [0.05, 0.1) is 6.04 Å². The van der Waals surface area contributed by atoms with Crippen LogP contribution in [0.4, 0.5) is 0 Å². The zero-order valence-electron chi connectivity index (χ0n) is 13.3. The highest BCUT2D eigenvalue weighted by atomic mass is 16.2. The molecular weight excluding hydrogens is 276 g/mol. The van der Waals surface area contributed by atoms with E-state index >= 15 is 0 Å². The van der Waals surface area contributed by atoms with Gasteiger partial charge in [-0.3, -0.25) is 9.59 Å². The van der Waals surface area contributed by atoms with Gasteiger partial charge in [0.1, 0.15) is 0 Å². The largest absolute Gasteiger partial charge is 0.348 e. The fraction of sp³-hybridized carbons (Fsp3) is 0.556. The highest BCUT2D eigenvalue weighted by Gasteiger charge is 2.18. The molecule has 0 aromatic heterocycles. The van der Waals surface area contributed by atoms with Gasteiger partial charge in [0, 0.05) is 6.54 Å². The van der Waals surface area contributed by atoms with Crippen LogP contribution < -0.4 is 10.6 Å². The van der Waals surface area contributed by atoms with Gasteiger partial charge in [-0.15, -0.1) is 0 Å². The van der Waals surface area contributed by atoms with E-state index in [2.05, 4.69) is 10.6 Å². The van der Waals surface area contributed by atoms with Crippen LogP contribution in [0, 0.1) is 5.92 Å². The van der Waals surface area contributed by atoms with Crippen molar-refractivity contribution >= 4 is 11.8 Å². The average molecular weight is 302 g/mol. The molecule has 1 atom stereocenters. The van der Waals surface area contributed by atoms with Gasteiger partial charge in [0.15, 0.2) is 0 Å². The molecule has 1 aliphatic rings. The van der Waals surface area contributed by atoms with Crippen molar-refractivity contribution in [1.82, 2.24) is 10.6 Å². The van der Waals surface area contributed by atoms with Crippen molar-refractivity contribution in [3.63, 3.8) is 0 Å². The highest BCUT2D eigenvalue weighted by Crippen LogP contribution is 2.25. The molecule has 0 unspecified atom stereocenters. The first-order chi connectivity index (χ1) is 10.7. The molecule has 1 aromatic carbocycles. The molecule has 0 heterocycles. The summed E-state index contributed by atoms with van der Waals surface area (Å²) in [4.78, 5) is 23.7. The molecule has 1 aliphatic carbocycles. The smallest absolute Gasteiger partial charge is 0.309 e. The van der Waals surface area contributed by atoms with E-state index in [0.717, 1.165) is 12.0 Å². The van der Waals surface area contributed by atoms with Crippen molar-refractivity contribution in [3.8, 4) is 0 Å². The van der Waals surface area contributed by atoms with E-state index in [1.165, 1.54) is 32.1 Å². The highest BCUT2D eigenvalue weighted by molar-refractivity contribution is 6.35. The molecule has 22 heavy (non-hydrogen) atoms. The second kappa shape index (κ2) is 8.57. The quantitative estimate of drug-likeness (QED) is 0.822. The number of carbonyl (C=O) groups excluding carboxylic acids is 2. The van der Waals surface area contributed by atoms with Gasteiger partial charge in [-0.2, -0.15) is 0 Å². The van der Waals surface area contributed by atoms with Crippen molar-refractivity contribution < 1.29 is 9.59 Å². The maximum atomic E-state index is 11.9. The average Bonchev–Trinajstić information content (AvgIpc) is 2.56. The van der Waals surface area contributed by atoms with Crippen molar-refractivity contribution in [1.29, 1.82) is 0 Å². The molecule has 2 rings (SSSR count). The summed E-state index contributed by atoms with van der Waals surface area (Å²) >= 11 is 0. The summed E-state index contributed by atoms with van der Waals surface area (Å²) in [7, 11) is 0. The monoisotopic (exact) mass is 302 g/mol. The minimum Gasteiger partial charge on any atom is -0.348 e. The number of rotatable bonds is 5. The van der Waals surface area contributed by atoms with Crippen LogP contribution in [-0.2, 0) is 9.59 Å². The van der Waals surface area contributed by atoms with Crippen molar-refractivity contribution in [2.45, 2.75) is 51.5 Å². The molecule has 120 valence electrons. The lowest BCUT2D eigenvalue weighted by molar-refractivity contribution is -0.139. The van der Waals surface area contributed by atoms with Crippen LogP contribution in [0.1, 0.15) is 57.1 Å². The van der Waals surface area contributed by atoms with E-state index < -0.39 is 11.8 Å². The minimum atomic E-state index is -0.556. The summed E-state index contributed by atoms with van der Waals surface area (Å²) in [6.45, 7) is 2.47. The first kappa shape index (κ1) is 16.5. The predicted octanol–water partition coefficient (Wildman–Crippen LogP) is 2.95. The van der Waals surface area contributed by atoms with Crippen LogP contribution >= 0.6 is 0 Å². The maximum absolute atomic E-state index is 11.9. The molecule has 0 spiro atoms. The molecule has 4 nitrogen and oxygen atoms in total. The van der Waals surface area contributed by atoms with E-state index in [4.69, 9.17) is 0 Å². The van der Waals surface area contributed by atoms with Crippen LogP contribution in [0.5, 0.6) is 0 Å². The van der Waals surface area contributed by atoms with Crippen molar-refractivity contribution in [2.24, 2.45) is 5.92 Å². The number of hydrogen-bond acceptors (Lipinski definition) is 2. The Morgan fingerprint density at radius 2 is 1.77 bits per heavy atom. The van der Waals surface area contributed by atoms with Gasteiger partial charge in [0.25, 0.3) is 0 Å². The molecule has 2 amide bonds. The Labute approximate surface area is 132 Å². The van der Waals surface area contributed by atoms with Gasteiger partial charge in [-0.1, -0.05) is 62.4 Å². The van der Waals surface area contributed by atoms with Crippen LogP contribution in [0.15, 0.2) is 30.3 Å². The number of benzene rings is 1. The Balaban J connectivity index is 1.69. The van der Waals surface area contributed by atoms with Gasteiger partial charge < -0.3 is 10.6 Å². The molecule has 1 aromatic rings. The number of hydrogen-bond donors (Lipinski definition) is 2. The van der Waals surface area contributed by atoms with E-state index in [9.17, 15) is 9.59 Å². The summed E-state index contributed by atoms with van der Waals surface area (Å²) in [5, 5.41) is 5.47. The minimum absolute atomic E-state index is 0.169. The zero-order valence-corrected chi connectivity index (χ0v) is 13.3. The molecular formula is C18H26N2O2. The first-order valence-corrected chi connectivity index (χ1v) is 8.30. The summed E-state index contributed by atoms with van der Waals surface area (Å²) in [5.74, 6) is -0.376. The topological polar surface area (TPSA) is 58.2 Å². The predicted molar refractivity (Wildman–Crippen MR) is 87.2 cm³/mol. The Hall–Kier alpha value is -1.84. The fourth-order valence-electron chi connectivity index (χ4n) is 3.03. The van der Waals surface area contributed by atoms with E-state index in [1.54, 1.807) is 0 Å². The Kier molecular flexibility index (Phi) is 6.44. The third-order valence-corrected chi connectivity index (χ3v) is 4.42. The Morgan fingerprint density at radius 3 is 2.45 bits per heavy atom. The normalized spacial score (nSPS) is 16.8. The third-order valence-electron chi connectivity index (χ3n) is 4.42. The summed E-state index contributed by atoms with van der Waals surface area (Å²) in [6, 6.07) is 9.47. The van der Waals surface area contributed by atoms with Crippen LogP contribution in [0.2, 0.25) is 0 Å². The van der Waals surface area contributed by atoms with E-state index in [0.29, 0.717) is 12.5 Å². The SMILES string of the molecule is C[C@H](NC(=O)C(=O)NCCC1CCCCC1)c1ccccc1. The Morgan fingerprint density at radius 1 is 1.09 bits per heavy atom. The van der Waals surface area contributed by atoms with Gasteiger partial charge in [-0.05, 0) is 24.8 Å². The summed E-state index contributed by atoms with van der Waals surface area (Å²) in [5.41, 5.74) is 0.992. The van der Waals surface area contributed by atoms with E-state index in [-0.39, 0.29) is 6.04 Å². The molecule has 1 fully saturated rings. The molecule has 0 radical (unpaired) electrons. The molecule has 2 N–H and O–H groups in total. The number of amides is 2. The van der Waals surface area contributed by atoms with Crippen LogP contribution in [0.3, 0.4) is 0 Å². The number of nitrogens with one attached hydrogen (secondary N) is 2. The Bertz CT molecular complexity index is 481. The van der Waals surface area contributed by atoms with Gasteiger partial charge in [-0.25, -0.2) is 0 Å². The maximum Gasteiger partial charge on any atom is 0.309 e. The summed E-state index contributed by atoms with van der Waals surface area (Å²) < 4.78 is 0. The fourth-order valence-corrected chi connectivity index (χ4v) is 3.03. The van der Waals surface area contributed by atoms with Gasteiger partial charge in [0.2, 0.25) is 0 Å². The van der Waals surface area contributed by atoms with Crippen molar-refractivity contribution in [3.05, 3.63) is 35.9 Å². The lowest BCUT2D eigenvalue weighted by Crippen LogP contribution is -2.41.